The summed E-state index contributed by atoms with van der Waals surface area (Å²) in [4.78, 5) is 4.06. The van der Waals surface area contributed by atoms with E-state index in [4.69, 9.17) is 32.2 Å². The van der Waals surface area contributed by atoms with Crippen molar-refractivity contribution in [2.24, 2.45) is 5.73 Å². The van der Waals surface area contributed by atoms with Crippen LogP contribution in [0.15, 0.2) is 36.5 Å². The fourth-order valence-electron chi connectivity index (χ4n) is 1.62. The van der Waals surface area contributed by atoms with Crippen LogP contribution in [-0.2, 0) is 0 Å². The Balaban J connectivity index is 2.35. The van der Waals surface area contributed by atoms with E-state index in [-0.39, 0.29) is 16.7 Å². The number of rotatable bonds is 5. The summed E-state index contributed by atoms with van der Waals surface area (Å²) in [6.45, 7) is 2.41. The van der Waals surface area contributed by atoms with Crippen LogP contribution in [0.5, 0.6) is 17.4 Å². The molecule has 0 radical (unpaired) electrons. The zero-order chi connectivity index (χ0) is 14.5. The minimum Gasteiger partial charge on any atom is -0.490 e. The molecule has 0 atom stereocenters. The number of nitrogen functional groups attached to an aromatic ring is 1. The van der Waals surface area contributed by atoms with Crippen molar-refractivity contribution in [1.82, 2.24) is 4.98 Å². The van der Waals surface area contributed by atoms with E-state index in [9.17, 15) is 0 Å². The highest BCUT2D eigenvalue weighted by atomic mass is 35.5. The molecule has 0 amide bonds. The van der Waals surface area contributed by atoms with Crippen molar-refractivity contribution >= 4 is 17.4 Å². The minimum absolute atomic E-state index is 0.139. The van der Waals surface area contributed by atoms with Crippen LogP contribution in [-0.4, -0.2) is 17.4 Å². The first kappa shape index (κ1) is 14.1. The summed E-state index contributed by atoms with van der Waals surface area (Å²) < 4.78 is 11.1. The van der Waals surface area contributed by atoms with E-state index in [1.54, 1.807) is 18.2 Å². The average Bonchev–Trinajstić information content (AvgIpc) is 2.43. The summed E-state index contributed by atoms with van der Waals surface area (Å²) in [6.07, 6.45) is 1.49. The molecule has 104 valence electrons. The van der Waals surface area contributed by atoms with Crippen LogP contribution in [0.3, 0.4) is 0 Å². The van der Waals surface area contributed by atoms with Gasteiger partial charge >= 0.3 is 0 Å². The molecule has 0 saturated carbocycles. The van der Waals surface area contributed by atoms with Crippen molar-refractivity contribution in [3.05, 3.63) is 47.1 Å². The molecule has 20 heavy (non-hydrogen) atoms. The number of amidine groups is 1. The van der Waals surface area contributed by atoms with Crippen LogP contribution in [0.25, 0.3) is 0 Å². The van der Waals surface area contributed by atoms with Gasteiger partial charge in [-0.25, -0.2) is 4.98 Å². The molecule has 6 heteroatoms. The smallest absolute Gasteiger partial charge is 0.239 e. The van der Waals surface area contributed by atoms with Crippen LogP contribution < -0.4 is 15.2 Å². The van der Waals surface area contributed by atoms with Gasteiger partial charge in [-0.2, -0.15) is 0 Å². The Bertz CT molecular complexity index is 632. The van der Waals surface area contributed by atoms with Crippen molar-refractivity contribution in [3.8, 4) is 17.4 Å². The second-order valence-corrected chi connectivity index (χ2v) is 4.25. The maximum atomic E-state index is 7.45. The van der Waals surface area contributed by atoms with Crippen molar-refractivity contribution < 1.29 is 9.47 Å². The first-order chi connectivity index (χ1) is 9.63. The molecular formula is C14H14ClN3O2. The van der Waals surface area contributed by atoms with Crippen molar-refractivity contribution in [1.29, 1.82) is 5.41 Å². The minimum atomic E-state index is -0.139. The van der Waals surface area contributed by atoms with Crippen LogP contribution >= 0.6 is 11.6 Å². The lowest BCUT2D eigenvalue weighted by Gasteiger charge is -2.12. The largest absolute Gasteiger partial charge is 0.490 e. The highest BCUT2D eigenvalue weighted by Crippen LogP contribution is 2.34. The molecule has 5 nitrogen and oxygen atoms in total. The summed E-state index contributed by atoms with van der Waals surface area (Å²) >= 11 is 6.13. The molecule has 3 N–H and O–H groups in total. The Morgan fingerprint density at radius 2 is 2.00 bits per heavy atom. The lowest BCUT2D eigenvalue weighted by atomic mass is 10.2. The molecular weight excluding hydrogens is 278 g/mol. The third kappa shape index (κ3) is 3.00. The van der Waals surface area contributed by atoms with E-state index in [0.29, 0.717) is 23.7 Å². The van der Waals surface area contributed by atoms with E-state index >= 15 is 0 Å². The highest BCUT2D eigenvalue weighted by molar-refractivity contribution is 6.35. The number of ether oxygens (including phenoxy) is 2. The zero-order valence-corrected chi connectivity index (χ0v) is 11.6. The number of hydrogen-bond donors (Lipinski definition) is 2. The quantitative estimate of drug-likeness (QED) is 0.654. The molecule has 0 aliphatic rings. The van der Waals surface area contributed by atoms with E-state index in [1.165, 1.54) is 6.20 Å². The molecule has 1 aromatic heterocycles. The maximum Gasteiger partial charge on any atom is 0.239 e. The Hall–Kier alpha value is -2.27. The number of nitrogens with two attached hydrogens (primary N) is 1. The van der Waals surface area contributed by atoms with E-state index in [2.05, 4.69) is 4.98 Å². The SMILES string of the molecule is CCOc1ccccc1Oc1nccc(C(=N)N)c1Cl. The summed E-state index contributed by atoms with van der Waals surface area (Å²) in [7, 11) is 0. The summed E-state index contributed by atoms with van der Waals surface area (Å²) in [5.41, 5.74) is 5.83. The van der Waals surface area contributed by atoms with Gasteiger partial charge in [-0.3, -0.25) is 5.41 Å². The molecule has 0 bridgehead atoms. The van der Waals surface area contributed by atoms with Crippen LogP contribution in [0.1, 0.15) is 12.5 Å². The molecule has 0 spiro atoms. The van der Waals surface area contributed by atoms with Crippen molar-refractivity contribution in [3.63, 3.8) is 0 Å². The number of nitrogens with zero attached hydrogens (tertiary/aromatic N) is 1. The van der Waals surface area contributed by atoms with Gasteiger partial charge in [-0.15, -0.1) is 0 Å². The molecule has 0 aliphatic carbocycles. The number of nitrogens with one attached hydrogen (secondary N) is 1. The Morgan fingerprint density at radius 1 is 1.30 bits per heavy atom. The lowest BCUT2D eigenvalue weighted by Crippen LogP contribution is -2.12. The van der Waals surface area contributed by atoms with Gasteiger partial charge in [-0.05, 0) is 25.1 Å². The number of benzene rings is 1. The van der Waals surface area contributed by atoms with Gasteiger partial charge in [0.25, 0.3) is 0 Å². The van der Waals surface area contributed by atoms with Gasteiger partial charge in [0.15, 0.2) is 11.5 Å². The fraction of sp³-hybridized carbons (Fsp3) is 0.143. The third-order valence-electron chi connectivity index (χ3n) is 2.50. The van der Waals surface area contributed by atoms with Gasteiger partial charge in [0.2, 0.25) is 5.88 Å². The lowest BCUT2D eigenvalue weighted by molar-refractivity contribution is 0.319. The molecule has 2 aromatic rings. The predicted octanol–water partition coefficient (Wildman–Crippen LogP) is 3.21. The average molecular weight is 292 g/mol. The van der Waals surface area contributed by atoms with Crippen LogP contribution in [0.2, 0.25) is 5.02 Å². The Labute approximate surface area is 121 Å². The number of hydrogen-bond acceptors (Lipinski definition) is 4. The van der Waals surface area contributed by atoms with Crippen LogP contribution in [0, 0.1) is 5.41 Å². The summed E-state index contributed by atoms with van der Waals surface area (Å²) in [5, 5.41) is 7.65. The second kappa shape index (κ2) is 6.25. The summed E-state index contributed by atoms with van der Waals surface area (Å²) in [5.74, 6) is 1.15. The molecule has 0 fully saturated rings. The van der Waals surface area contributed by atoms with Crippen molar-refractivity contribution in [2.75, 3.05) is 6.61 Å². The van der Waals surface area contributed by atoms with E-state index in [0.717, 1.165) is 0 Å². The highest BCUT2D eigenvalue weighted by Gasteiger charge is 2.13. The molecule has 1 aromatic carbocycles. The third-order valence-corrected chi connectivity index (χ3v) is 2.87. The monoisotopic (exact) mass is 291 g/mol. The van der Waals surface area contributed by atoms with E-state index < -0.39 is 0 Å². The molecule has 0 aliphatic heterocycles. The standard InChI is InChI=1S/C14H14ClN3O2/c1-2-19-10-5-3-4-6-11(10)20-14-12(15)9(13(16)17)7-8-18-14/h3-8H,2H2,1H3,(H3,16,17). The number of halogens is 1. The number of aromatic nitrogens is 1. The second-order valence-electron chi connectivity index (χ2n) is 3.87. The normalized spacial score (nSPS) is 10.1. The first-order valence-electron chi connectivity index (χ1n) is 6.02. The topological polar surface area (TPSA) is 81.2 Å². The number of pyridine rings is 1. The summed E-state index contributed by atoms with van der Waals surface area (Å²) in [6, 6.07) is 8.77. The van der Waals surface area contributed by atoms with Gasteiger partial charge in [0.1, 0.15) is 10.9 Å². The Morgan fingerprint density at radius 3 is 2.65 bits per heavy atom. The van der Waals surface area contributed by atoms with Gasteiger partial charge in [-0.1, -0.05) is 23.7 Å². The first-order valence-corrected chi connectivity index (χ1v) is 6.39. The van der Waals surface area contributed by atoms with E-state index in [1.807, 2.05) is 19.1 Å². The predicted molar refractivity (Wildman–Crippen MR) is 77.9 cm³/mol. The van der Waals surface area contributed by atoms with Gasteiger partial charge in [0.05, 0.1) is 6.61 Å². The number of para-hydroxylation sites is 2. The maximum absolute atomic E-state index is 7.45. The molecule has 0 saturated heterocycles. The fourth-order valence-corrected chi connectivity index (χ4v) is 1.87. The molecule has 1 heterocycles. The Kier molecular flexibility index (Phi) is 4.42. The zero-order valence-electron chi connectivity index (χ0n) is 10.9. The molecule has 2 rings (SSSR count). The van der Waals surface area contributed by atoms with Gasteiger partial charge < -0.3 is 15.2 Å². The van der Waals surface area contributed by atoms with Crippen LogP contribution in [0.4, 0.5) is 0 Å². The molecule has 0 unspecified atom stereocenters. The van der Waals surface area contributed by atoms with Gasteiger partial charge in [0, 0.05) is 11.8 Å². The van der Waals surface area contributed by atoms with Crippen molar-refractivity contribution in [2.45, 2.75) is 6.92 Å².